The van der Waals surface area contributed by atoms with Gasteiger partial charge in [-0.3, -0.25) is 0 Å². The zero-order valence-electron chi connectivity index (χ0n) is 8.08. The molecule has 0 spiro atoms. The van der Waals surface area contributed by atoms with Crippen molar-refractivity contribution in [1.82, 2.24) is 19.7 Å². The fourth-order valence-corrected chi connectivity index (χ4v) is 2.50. The molecule has 15 heavy (non-hydrogen) atoms. The maximum absolute atomic E-state index is 4.27. The number of rotatable bonds is 1. The summed E-state index contributed by atoms with van der Waals surface area (Å²) in [6, 6.07) is 1.88. The molecule has 3 rings (SSSR count). The van der Waals surface area contributed by atoms with Crippen LogP contribution in [0.15, 0.2) is 30.2 Å². The molecule has 0 aromatic carbocycles. The van der Waals surface area contributed by atoms with Gasteiger partial charge in [-0.2, -0.15) is 5.10 Å². The molecule has 0 bridgehead atoms. The average molecular weight is 216 g/mol. The van der Waals surface area contributed by atoms with Gasteiger partial charge in [0.05, 0.1) is 10.2 Å². The third kappa shape index (κ3) is 1.24. The summed E-state index contributed by atoms with van der Waals surface area (Å²) >= 11 is 1.65. The zero-order chi connectivity index (χ0) is 10.3. The highest BCUT2D eigenvalue weighted by molar-refractivity contribution is 7.17. The molecule has 3 aromatic rings. The lowest BCUT2D eigenvalue weighted by Gasteiger charge is -2.00. The quantitative estimate of drug-likeness (QED) is 0.626. The summed E-state index contributed by atoms with van der Waals surface area (Å²) in [4.78, 5) is 8.53. The molecule has 0 unspecified atom stereocenters. The van der Waals surface area contributed by atoms with E-state index in [1.807, 2.05) is 12.3 Å². The van der Waals surface area contributed by atoms with Crippen LogP contribution in [0.5, 0.6) is 0 Å². The van der Waals surface area contributed by atoms with Gasteiger partial charge in [-0.05, 0) is 23.9 Å². The Morgan fingerprint density at radius 2 is 2.27 bits per heavy atom. The molecule has 0 saturated heterocycles. The normalized spacial score (nSPS) is 11.0. The molecule has 0 atom stereocenters. The van der Waals surface area contributed by atoms with Crippen molar-refractivity contribution in [2.75, 3.05) is 0 Å². The zero-order valence-corrected chi connectivity index (χ0v) is 8.90. The van der Waals surface area contributed by atoms with Gasteiger partial charge < -0.3 is 0 Å². The predicted octanol–water partition coefficient (Wildman–Crippen LogP) is 2.19. The van der Waals surface area contributed by atoms with Crippen LogP contribution >= 0.6 is 11.3 Å². The van der Waals surface area contributed by atoms with E-state index in [2.05, 4.69) is 27.4 Å². The van der Waals surface area contributed by atoms with Gasteiger partial charge in [-0.15, -0.1) is 11.3 Å². The van der Waals surface area contributed by atoms with Crippen LogP contribution in [0.3, 0.4) is 0 Å². The minimum Gasteiger partial charge on any atom is -0.235 e. The lowest BCUT2D eigenvalue weighted by atomic mass is 10.3. The van der Waals surface area contributed by atoms with E-state index >= 15 is 0 Å². The first kappa shape index (κ1) is 8.55. The number of thiophene rings is 1. The monoisotopic (exact) mass is 216 g/mol. The molecule has 0 aliphatic heterocycles. The van der Waals surface area contributed by atoms with Gasteiger partial charge in [0.15, 0.2) is 5.82 Å². The largest absolute Gasteiger partial charge is 0.235 e. The third-order valence-corrected chi connectivity index (χ3v) is 3.32. The SMILES string of the molecule is Cc1csc2c(-n3cccn3)ncnc12. The molecule has 0 fully saturated rings. The van der Waals surface area contributed by atoms with Gasteiger partial charge in [-0.25, -0.2) is 14.6 Å². The Morgan fingerprint density at radius 1 is 1.33 bits per heavy atom. The number of aryl methyl sites for hydroxylation is 1. The Labute approximate surface area is 90.2 Å². The van der Waals surface area contributed by atoms with Crippen LogP contribution in [0, 0.1) is 6.92 Å². The Bertz CT molecular complexity index is 597. The van der Waals surface area contributed by atoms with Crippen LogP contribution in [0.4, 0.5) is 0 Å². The fourth-order valence-electron chi connectivity index (χ4n) is 1.51. The Hall–Kier alpha value is -1.75. The van der Waals surface area contributed by atoms with Gasteiger partial charge in [0.25, 0.3) is 0 Å². The van der Waals surface area contributed by atoms with Crippen molar-refractivity contribution < 1.29 is 0 Å². The number of nitrogens with zero attached hydrogens (tertiary/aromatic N) is 4. The van der Waals surface area contributed by atoms with Crippen molar-refractivity contribution in [2.45, 2.75) is 6.92 Å². The highest BCUT2D eigenvalue weighted by Crippen LogP contribution is 2.26. The predicted molar refractivity (Wildman–Crippen MR) is 59.3 cm³/mol. The fraction of sp³-hybridized carbons (Fsp3) is 0.100. The maximum Gasteiger partial charge on any atom is 0.174 e. The molecule has 0 aliphatic carbocycles. The van der Waals surface area contributed by atoms with Crippen LogP contribution in [-0.4, -0.2) is 19.7 Å². The second-order valence-electron chi connectivity index (χ2n) is 3.24. The van der Waals surface area contributed by atoms with E-state index in [4.69, 9.17) is 0 Å². The van der Waals surface area contributed by atoms with E-state index in [0.29, 0.717) is 0 Å². The number of aromatic nitrogens is 4. The summed E-state index contributed by atoms with van der Waals surface area (Å²) in [6.45, 7) is 2.05. The Kier molecular flexibility index (Phi) is 1.78. The van der Waals surface area contributed by atoms with Crippen LogP contribution in [0.25, 0.3) is 16.0 Å². The minimum atomic E-state index is 0.850. The summed E-state index contributed by atoms with van der Waals surface area (Å²) in [5.74, 6) is 0.850. The standard InChI is InChI=1S/C10H8N4S/c1-7-5-15-9-8(7)11-6-12-10(9)14-4-2-3-13-14/h2-6H,1H3. The first-order valence-electron chi connectivity index (χ1n) is 4.55. The molecule has 0 saturated carbocycles. The summed E-state index contributed by atoms with van der Waals surface area (Å²) in [5.41, 5.74) is 2.20. The number of fused-ring (bicyclic) bond motifs is 1. The lowest BCUT2D eigenvalue weighted by molar-refractivity contribution is 0.852. The van der Waals surface area contributed by atoms with E-state index in [-0.39, 0.29) is 0 Å². The van der Waals surface area contributed by atoms with Gasteiger partial charge in [-0.1, -0.05) is 0 Å². The van der Waals surface area contributed by atoms with Gasteiger partial charge in [0.2, 0.25) is 0 Å². The molecular weight excluding hydrogens is 208 g/mol. The van der Waals surface area contributed by atoms with Crippen molar-refractivity contribution in [3.8, 4) is 5.82 Å². The molecule has 0 N–H and O–H groups in total. The average Bonchev–Trinajstić information content (AvgIpc) is 2.88. The molecule has 4 nitrogen and oxygen atoms in total. The maximum atomic E-state index is 4.27. The summed E-state index contributed by atoms with van der Waals surface area (Å²) in [7, 11) is 0. The van der Waals surface area contributed by atoms with Crippen LogP contribution < -0.4 is 0 Å². The smallest absolute Gasteiger partial charge is 0.174 e. The van der Waals surface area contributed by atoms with Crippen molar-refractivity contribution >= 4 is 21.6 Å². The molecule has 74 valence electrons. The van der Waals surface area contributed by atoms with Crippen molar-refractivity contribution in [3.05, 3.63) is 35.7 Å². The molecular formula is C10H8N4S. The van der Waals surface area contributed by atoms with Crippen LogP contribution in [0.2, 0.25) is 0 Å². The van der Waals surface area contributed by atoms with Gasteiger partial charge in [0.1, 0.15) is 6.33 Å². The minimum absolute atomic E-state index is 0.850. The summed E-state index contributed by atoms with van der Waals surface area (Å²) in [5, 5.41) is 6.27. The topological polar surface area (TPSA) is 43.6 Å². The number of hydrogen-bond donors (Lipinski definition) is 0. The lowest BCUT2D eigenvalue weighted by Crippen LogP contribution is -1.98. The van der Waals surface area contributed by atoms with Crippen LogP contribution in [0.1, 0.15) is 5.56 Å². The molecule has 5 heteroatoms. The van der Waals surface area contributed by atoms with Crippen molar-refractivity contribution in [3.63, 3.8) is 0 Å². The highest BCUT2D eigenvalue weighted by atomic mass is 32.1. The van der Waals surface area contributed by atoms with E-state index in [0.717, 1.165) is 16.0 Å². The van der Waals surface area contributed by atoms with E-state index < -0.39 is 0 Å². The van der Waals surface area contributed by atoms with Crippen molar-refractivity contribution in [1.29, 1.82) is 0 Å². The second-order valence-corrected chi connectivity index (χ2v) is 4.12. The summed E-state index contributed by atoms with van der Waals surface area (Å²) < 4.78 is 2.85. The van der Waals surface area contributed by atoms with Gasteiger partial charge >= 0.3 is 0 Å². The second kappa shape index (κ2) is 3.13. The molecule has 0 amide bonds. The third-order valence-electron chi connectivity index (χ3n) is 2.23. The van der Waals surface area contributed by atoms with E-state index in [1.54, 1.807) is 28.5 Å². The van der Waals surface area contributed by atoms with Crippen molar-refractivity contribution in [2.24, 2.45) is 0 Å². The number of hydrogen-bond acceptors (Lipinski definition) is 4. The van der Waals surface area contributed by atoms with Crippen LogP contribution in [-0.2, 0) is 0 Å². The molecule has 0 aliphatic rings. The Morgan fingerprint density at radius 3 is 3.07 bits per heavy atom. The van der Waals surface area contributed by atoms with Gasteiger partial charge in [0, 0.05) is 12.4 Å². The summed E-state index contributed by atoms with van der Waals surface area (Å²) in [6.07, 6.45) is 5.21. The van der Waals surface area contributed by atoms with E-state index in [9.17, 15) is 0 Å². The van der Waals surface area contributed by atoms with E-state index in [1.165, 1.54) is 5.56 Å². The molecule has 3 aromatic heterocycles. The molecule has 3 heterocycles. The molecule has 0 radical (unpaired) electrons. The first-order valence-corrected chi connectivity index (χ1v) is 5.43. The highest BCUT2D eigenvalue weighted by Gasteiger charge is 2.09. The first-order chi connectivity index (χ1) is 7.36. The Balaban J connectivity index is 2.36.